The molecule has 0 saturated carbocycles. The Bertz CT molecular complexity index is 1170. The standard InChI is InChI=1S/C21H19FN4O3S/c1-14-13-21(25-15(2)24-14)26-30(28,29)19-9-7-18(8-10-19)23-12-11-20(27)16-3-5-17(22)6-4-16/h3-13,23H,1-2H3,(H,24,25,26). The third kappa shape index (κ3) is 5.48. The summed E-state index contributed by atoms with van der Waals surface area (Å²) in [6.45, 7) is 3.43. The maximum absolute atomic E-state index is 12.9. The smallest absolute Gasteiger partial charge is 0.263 e. The minimum atomic E-state index is -3.81. The number of nitrogens with one attached hydrogen (secondary N) is 2. The molecule has 154 valence electrons. The molecule has 0 aliphatic heterocycles. The first-order chi connectivity index (χ1) is 14.2. The SMILES string of the molecule is Cc1cc(NS(=O)(=O)c2ccc(NC=CC(=O)c3ccc(F)cc3)cc2)nc(C)n1. The Morgan fingerprint density at radius 3 is 2.30 bits per heavy atom. The molecule has 0 bridgehead atoms. The van der Waals surface area contributed by atoms with E-state index in [2.05, 4.69) is 20.0 Å². The van der Waals surface area contributed by atoms with Crippen LogP contribution in [0, 0.1) is 19.7 Å². The van der Waals surface area contributed by atoms with Crippen LogP contribution in [0.1, 0.15) is 21.9 Å². The first kappa shape index (κ1) is 21.1. The highest BCUT2D eigenvalue weighted by atomic mass is 32.2. The van der Waals surface area contributed by atoms with E-state index in [-0.39, 0.29) is 16.5 Å². The molecule has 0 spiro atoms. The van der Waals surface area contributed by atoms with E-state index in [4.69, 9.17) is 0 Å². The van der Waals surface area contributed by atoms with Crippen molar-refractivity contribution in [3.05, 3.63) is 89.8 Å². The minimum absolute atomic E-state index is 0.0633. The topological polar surface area (TPSA) is 101 Å². The van der Waals surface area contributed by atoms with Crippen LogP contribution in [0.15, 0.2) is 71.8 Å². The zero-order valence-electron chi connectivity index (χ0n) is 16.3. The zero-order chi connectivity index (χ0) is 21.7. The van der Waals surface area contributed by atoms with Crippen molar-refractivity contribution in [1.29, 1.82) is 0 Å². The summed E-state index contributed by atoms with van der Waals surface area (Å²) in [6, 6.07) is 12.8. The molecule has 1 heterocycles. The van der Waals surface area contributed by atoms with Gasteiger partial charge in [-0.2, -0.15) is 0 Å². The van der Waals surface area contributed by atoms with Crippen molar-refractivity contribution in [3.63, 3.8) is 0 Å². The second kappa shape index (κ2) is 8.83. The van der Waals surface area contributed by atoms with E-state index < -0.39 is 15.8 Å². The lowest BCUT2D eigenvalue weighted by atomic mass is 10.1. The Morgan fingerprint density at radius 1 is 1.00 bits per heavy atom. The lowest BCUT2D eigenvalue weighted by Gasteiger charge is -2.09. The van der Waals surface area contributed by atoms with Crippen LogP contribution in [-0.2, 0) is 10.0 Å². The van der Waals surface area contributed by atoms with Gasteiger partial charge >= 0.3 is 0 Å². The van der Waals surface area contributed by atoms with Crippen LogP contribution < -0.4 is 10.0 Å². The summed E-state index contributed by atoms with van der Waals surface area (Å²) >= 11 is 0. The molecule has 0 fully saturated rings. The Hall–Kier alpha value is -3.59. The maximum atomic E-state index is 12.9. The summed E-state index contributed by atoms with van der Waals surface area (Å²) < 4.78 is 40.4. The first-order valence-corrected chi connectivity index (χ1v) is 10.4. The highest BCUT2D eigenvalue weighted by Crippen LogP contribution is 2.18. The fraction of sp³-hybridized carbons (Fsp3) is 0.0952. The summed E-state index contributed by atoms with van der Waals surface area (Å²) in [4.78, 5) is 20.3. The Kier molecular flexibility index (Phi) is 6.22. The molecule has 1 aromatic heterocycles. The summed E-state index contributed by atoms with van der Waals surface area (Å²) in [6.07, 6.45) is 2.74. The van der Waals surface area contributed by atoms with Crippen molar-refractivity contribution < 1.29 is 17.6 Å². The molecule has 0 aliphatic carbocycles. The van der Waals surface area contributed by atoms with Crippen LogP contribution in [0.2, 0.25) is 0 Å². The molecule has 0 amide bonds. The van der Waals surface area contributed by atoms with Gasteiger partial charge in [0, 0.05) is 35.3 Å². The molecule has 0 aliphatic rings. The van der Waals surface area contributed by atoms with E-state index in [1.165, 1.54) is 48.7 Å². The Balaban J connectivity index is 1.65. The molecule has 7 nitrogen and oxygen atoms in total. The number of rotatable bonds is 7. The molecule has 2 N–H and O–H groups in total. The number of hydrogen-bond donors (Lipinski definition) is 2. The third-order valence-corrected chi connectivity index (χ3v) is 5.35. The van der Waals surface area contributed by atoms with Gasteiger partial charge in [0.25, 0.3) is 10.0 Å². The van der Waals surface area contributed by atoms with Gasteiger partial charge in [0.05, 0.1) is 4.90 Å². The number of anilines is 2. The molecule has 0 atom stereocenters. The molecule has 3 rings (SSSR count). The van der Waals surface area contributed by atoms with Gasteiger partial charge in [-0.3, -0.25) is 9.52 Å². The van der Waals surface area contributed by atoms with Crippen LogP contribution in [0.25, 0.3) is 0 Å². The van der Waals surface area contributed by atoms with Crippen LogP contribution in [0.5, 0.6) is 0 Å². The predicted molar refractivity (Wildman–Crippen MR) is 112 cm³/mol. The van der Waals surface area contributed by atoms with Crippen LogP contribution in [0.3, 0.4) is 0 Å². The lowest BCUT2D eigenvalue weighted by molar-refractivity contribution is 0.104. The summed E-state index contributed by atoms with van der Waals surface area (Å²) in [5.74, 6) is -0.0387. The summed E-state index contributed by atoms with van der Waals surface area (Å²) in [5, 5.41) is 2.89. The number of carbonyl (C=O) groups excluding carboxylic acids is 1. The molecule has 9 heteroatoms. The number of allylic oxidation sites excluding steroid dienone is 1. The highest BCUT2D eigenvalue weighted by molar-refractivity contribution is 7.92. The monoisotopic (exact) mass is 426 g/mol. The Labute approximate surface area is 173 Å². The van der Waals surface area contributed by atoms with Gasteiger partial charge < -0.3 is 5.32 Å². The largest absolute Gasteiger partial charge is 0.362 e. The molecule has 0 radical (unpaired) electrons. The van der Waals surface area contributed by atoms with E-state index >= 15 is 0 Å². The first-order valence-electron chi connectivity index (χ1n) is 8.91. The second-order valence-electron chi connectivity index (χ2n) is 6.42. The fourth-order valence-electron chi connectivity index (χ4n) is 2.62. The van der Waals surface area contributed by atoms with E-state index in [0.717, 1.165) is 0 Å². The van der Waals surface area contributed by atoms with Crippen molar-refractivity contribution in [1.82, 2.24) is 9.97 Å². The van der Waals surface area contributed by atoms with Crippen molar-refractivity contribution in [2.75, 3.05) is 10.0 Å². The molecule has 0 saturated heterocycles. The van der Waals surface area contributed by atoms with Crippen molar-refractivity contribution in [2.24, 2.45) is 0 Å². The lowest BCUT2D eigenvalue weighted by Crippen LogP contribution is -2.14. The summed E-state index contributed by atoms with van der Waals surface area (Å²) in [7, 11) is -3.81. The maximum Gasteiger partial charge on any atom is 0.263 e. The molecular weight excluding hydrogens is 407 g/mol. The molecule has 30 heavy (non-hydrogen) atoms. The zero-order valence-corrected chi connectivity index (χ0v) is 17.1. The number of halogens is 1. The highest BCUT2D eigenvalue weighted by Gasteiger charge is 2.15. The molecule has 0 unspecified atom stereocenters. The van der Waals surface area contributed by atoms with Gasteiger partial charge in [0.2, 0.25) is 0 Å². The van der Waals surface area contributed by atoms with E-state index in [1.54, 1.807) is 32.0 Å². The van der Waals surface area contributed by atoms with E-state index in [9.17, 15) is 17.6 Å². The molecule has 2 aromatic carbocycles. The van der Waals surface area contributed by atoms with Gasteiger partial charge in [-0.25, -0.2) is 22.8 Å². The van der Waals surface area contributed by atoms with Crippen molar-refractivity contribution in [2.45, 2.75) is 18.7 Å². The number of aromatic nitrogens is 2. The second-order valence-corrected chi connectivity index (χ2v) is 8.10. The summed E-state index contributed by atoms with van der Waals surface area (Å²) in [5.41, 5.74) is 1.60. The quantitative estimate of drug-likeness (QED) is 0.440. The fourth-order valence-corrected chi connectivity index (χ4v) is 3.61. The number of hydrogen-bond acceptors (Lipinski definition) is 6. The Morgan fingerprint density at radius 2 is 1.67 bits per heavy atom. The van der Waals surface area contributed by atoms with Gasteiger partial charge in [0.15, 0.2) is 5.78 Å². The number of ketones is 1. The van der Waals surface area contributed by atoms with E-state index in [0.29, 0.717) is 22.8 Å². The predicted octanol–water partition coefficient (Wildman–Crippen LogP) is 3.84. The average Bonchev–Trinajstić information content (AvgIpc) is 2.67. The van der Waals surface area contributed by atoms with Gasteiger partial charge in [-0.1, -0.05) is 0 Å². The average molecular weight is 426 g/mol. The molecule has 3 aromatic rings. The van der Waals surface area contributed by atoms with Crippen LogP contribution in [0.4, 0.5) is 15.9 Å². The number of sulfonamides is 1. The number of aryl methyl sites for hydroxylation is 2. The number of benzene rings is 2. The molecular formula is C21H19FN4O3S. The van der Waals surface area contributed by atoms with Gasteiger partial charge in [0.1, 0.15) is 17.5 Å². The number of nitrogens with zero attached hydrogens (tertiary/aromatic N) is 2. The van der Waals surface area contributed by atoms with Crippen LogP contribution in [-0.4, -0.2) is 24.2 Å². The number of carbonyl (C=O) groups is 1. The minimum Gasteiger partial charge on any atom is -0.362 e. The van der Waals surface area contributed by atoms with Gasteiger partial charge in [-0.05, 0) is 62.4 Å². The third-order valence-electron chi connectivity index (χ3n) is 3.98. The van der Waals surface area contributed by atoms with Crippen LogP contribution >= 0.6 is 0 Å². The van der Waals surface area contributed by atoms with Crippen molar-refractivity contribution in [3.8, 4) is 0 Å². The van der Waals surface area contributed by atoms with Gasteiger partial charge in [-0.15, -0.1) is 0 Å². The van der Waals surface area contributed by atoms with E-state index in [1.807, 2.05) is 0 Å². The normalized spacial score (nSPS) is 11.4. The van der Waals surface area contributed by atoms with Crippen molar-refractivity contribution >= 4 is 27.3 Å².